The van der Waals surface area contributed by atoms with Crippen LogP contribution in [0.5, 0.6) is 11.5 Å². The minimum atomic E-state index is -0.476. The molecule has 0 aliphatic carbocycles. The molecule has 10 nitrogen and oxygen atoms in total. The first-order chi connectivity index (χ1) is 29.5. The maximum Gasteiger partial charge on any atom is 0.417 e. The first-order valence-electron chi connectivity index (χ1n) is 21.7. The van der Waals surface area contributed by atoms with E-state index in [1.807, 2.05) is 54.6 Å². The van der Waals surface area contributed by atoms with Gasteiger partial charge in [-0.15, -0.1) is 0 Å². The highest BCUT2D eigenvalue weighted by atomic mass is 127. The van der Waals surface area contributed by atoms with Crippen molar-refractivity contribution in [3.63, 3.8) is 0 Å². The molecule has 12 heteroatoms. The zero-order chi connectivity index (χ0) is 42.9. The van der Waals surface area contributed by atoms with E-state index in [4.69, 9.17) is 9.47 Å². The van der Waals surface area contributed by atoms with Crippen molar-refractivity contribution in [1.82, 2.24) is 19.8 Å². The highest BCUT2D eigenvalue weighted by Crippen LogP contribution is 2.36. The summed E-state index contributed by atoms with van der Waals surface area (Å²) in [6, 6.07) is 27.5. The number of carbonyl (C=O) groups excluding carboxylic acids is 2. The number of nitrogens with zero attached hydrogens (tertiary/aromatic N) is 2. The molecule has 1 unspecified atom stereocenters. The molecule has 2 aromatic heterocycles. The molecule has 4 heterocycles. The number of aromatic nitrogens is 2. The molecule has 2 fully saturated rings. The normalized spacial score (nSPS) is 16.0. The average Bonchev–Trinajstić information content (AvgIpc) is 3.87. The second kappa shape index (κ2) is 21.3. The van der Waals surface area contributed by atoms with Crippen LogP contribution in [-0.4, -0.2) is 70.7 Å². The molecule has 2 amide bonds. The minimum absolute atomic E-state index is 0.474. The lowest BCUT2D eigenvalue weighted by molar-refractivity contribution is 0.155. The number of anilines is 2. The summed E-state index contributed by atoms with van der Waals surface area (Å²) in [6.07, 6.45) is 10.5. The number of hydrogen-bond donors (Lipinski definition) is 4. The van der Waals surface area contributed by atoms with Crippen LogP contribution >= 0.6 is 45.2 Å². The van der Waals surface area contributed by atoms with Crippen molar-refractivity contribution < 1.29 is 19.1 Å². The van der Waals surface area contributed by atoms with Gasteiger partial charge in [0.1, 0.15) is 11.5 Å². The van der Waals surface area contributed by atoms with Crippen LogP contribution in [0.25, 0.3) is 21.8 Å². The smallest absolute Gasteiger partial charge is 0.410 e. The molecule has 0 bridgehead atoms. The molecule has 2 aliphatic heterocycles. The summed E-state index contributed by atoms with van der Waals surface area (Å²) in [5.41, 5.74) is 6.41. The first kappa shape index (κ1) is 44.9. The number of piperidine rings is 2. The number of likely N-dealkylation sites (tertiary alicyclic amines) is 2. The van der Waals surface area contributed by atoms with Crippen LogP contribution < -0.4 is 20.1 Å². The van der Waals surface area contributed by atoms with Crippen LogP contribution in [-0.2, 0) is 0 Å². The van der Waals surface area contributed by atoms with Crippen LogP contribution in [0.15, 0.2) is 97.3 Å². The van der Waals surface area contributed by atoms with Crippen molar-refractivity contribution in [2.24, 2.45) is 5.92 Å². The first-order valence-corrected chi connectivity index (χ1v) is 23.8. The fourth-order valence-corrected chi connectivity index (χ4v) is 9.69. The van der Waals surface area contributed by atoms with Gasteiger partial charge in [-0.1, -0.05) is 39.3 Å². The molecule has 0 saturated carbocycles. The molecule has 4 aromatic carbocycles. The molecule has 61 heavy (non-hydrogen) atoms. The number of aromatic amines is 2. The number of para-hydroxylation sites is 1. The molecule has 1 atom stereocenters. The van der Waals surface area contributed by atoms with Crippen molar-refractivity contribution in [1.29, 1.82) is 0 Å². The summed E-state index contributed by atoms with van der Waals surface area (Å²) in [6.45, 7) is 15.0. The number of carbonyl (C=O) groups is 2. The van der Waals surface area contributed by atoms with Crippen LogP contribution in [0.3, 0.4) is 0 Å². The lowest BCUT2D eigenvalue weighted by Crippen LogP contribution is -2.39. The Bertz CT molecular complexity index is 2380. The molecular formula is C49H58I2N6O4. The fraction of sp³-hybridized carbons (Fsp3) is 0.388. The Kier molecular flexibility index (Phi) is 15.7. The second-order valence-electron chi connectivity index (χ2n) is 16.8. The van der Waals surface area contributed by atoms with Crippen LogP contribution in [0.2, 0.25) is 0 Å². The molecule has 0 radical (unpaired) electrons. The summed E-state index contributed by atoms with van der Waals surface area (Å²) >= 11 is 4.38. The average molecular weight is 1050 g/mol. The fourth-order valence-electron chi connectivity index (χ4n) is 8.83. The Morgan fingerprint density at radius 2 is 1.26 bits per heavy atom. The van der Waals surface area contributed by atoms with Gasteiger partial charge in [-0.2, -0.15) is 0 Å². The quantitative estimate of drug-likeness (QED) is 0.0961. The second-order valence-corrected chi connectivity index (χ2v) is 19.2. The Hall–Kier alpha value is -4.12. The molecule has 2 saturated heterocycles. The number of H-pyrrole nitrogens is 2. The van der Waals surface area contributed by atoms with Gasteiger partial charge < -0.3 is 29.2 Å². The van der Waals surface area contributed by atoms with E-state index in [1.165, 1.54) is 67.0 Å². The van der Waals surface area contributed by atoms with Gasteiger partial charge in [-0.25, -0.2) is 9.59 Å². The Morgan fingerprint density at radius 3 is 1.80 bits per heavy atom. The maximum absolute atomic E-state index is 12.4. The zero-order valence-electron chi connectivity index (χ0n) is 35.6. The van der Waals surface area contributed by atoms with Crippen molar-refractivity contribution in [2.75, 3.05) is 43.4 Å². The SMILES string of the molecule is CC(C)CN1CCC(c2c[nH]c3ccc(NC(=O)Oc4ccccc4I)cc23)CC1.CCCC(C)N1CCC(c2c[nH]c3ccc(NC(=O)Oc4ccc(I)cc4)cc23)CC1. The van der Waals surface area contributed by atoms with Crippen LogP contribution in [0, 0.1) is 13.1 Å². The van der Waals surface area contributed by atoms with Gasteiger partial charge in [-0.05, 0) is 212 Å². The van der Waals surface area contributed by atoms with Crippen LogP contribution in [0.4, 0.5) is 21.0 Å². The van der Waals surface area contributed by atoms with Crippen molar-refractivity contribution in [3.05, 3.63) is 116 Å². The minimum Gasteiger partial charge on any atom is -0.410 e. The highest BCUT2D eigenvalue weighted by molar-refractivity contribution is 14.1. The van der Waals surface area contributed by atoms with Gasteiger partial charge in [0.25, 0.3) is 0 Å². The van der Waals surface area contributed by atoms with Crippen molar-refractivity contribution in [2.45, 2.75) is 84.1 Å². The van der Waals surface area contributed by atoms with Crippen molar-refractivity contribution in [3.8, 4) is 11.5 Å². The summed E-state index contributed by atoms with van der Waals surface area (Å²) in [7, 11) is 0. The third kappa shape index (κ3) is 12.1. The lowest BCUT2D eigenvalue weighted by atomic mass is 9.88. The molecule has 322 valence electrons. The van der Waals surface area contributed by atoms with E-state index in [1.54, 1.807) is 18.2 Å². The van der Waals surface area contributed by atoms with E-state index in [-0.39, 0.29) is 0 Å². The number of rotatable bonds is 11. The zero-order valence-corrected chi connectivity index (χ0v) is 39.9. The largest absolute Gasteiger partial charge is 0.417 e. The van der Waals surface area contributed by atoms with Gasteiger partial charge >= 0.3 is 12.2 Å². The molecule has 4 N–H and O–H groups in total. The topological polar surface area (TPSA) is 115 Å². The Morgan fingerprint density at radius 1 is 0.721 bits per heavy atom. The maximum atomic E-state index is 12.4. The third-order valence-electron chi connectivity index (χ3n) is 11.9. The number of hydrogen-bond acceptors (Lipinski definition) is 6. The number of benzene rings is 4. The molecule has 6 aromatic rings. The predicted molar refractivity (Wildman–Crippen MR) is 265 cm³/mol. The van der Waals surface area contributed by atoms with Gasteiger partial charge in [0, 0.05) is 61.7 Å². The number of amides is 2. The van der Waals surface area contributed by atoms with E-state index < -0.39 is 12.2 Å². The summed E-state index contributed by atoms with van der Waals surface area (Å²) in [4.78, 5) is 36.7. The number of fused-ring (bicyclic) bond motifs is 2. The molecule has 2 aliphatic rings. The van der Waals surface area contributed by atoms with E-state index in [0.29, 0.717) is 35.3 Å². The number of halogens is 2. The van der Waals surface area contributed by atoms with Gasteiger partial charge in [0.05, 0.1) is 3.57 Å². The van der Waals surface area contributed by atoms with Gasteiger partial charge in [-0.3, -0.25) is 10.6 Å². The number of ether oxygens (including phenoxy) is 2. The van der Waals surface area contributed by atoms with E-state index in [9.17, 15) is 9.59 Å². The van der Waals surface area contributed by atoms with Gasteiger partial charge in [0.15, 0.2) is 0 Å². The number of nitrogens with one attached hydrogen (secondary N) is 4. The molecular weight excluding hydrogens is 990 g/mol. The summed E-state index contributed by atoms with van der Waals surface area (Å²) in [5.74, 6) is 2.91. The summed E-state index contributed by atoms with van der Waals surface area (Å²) in [5, 5.41) is 8.11. The monoisotopic (exact) mass is 1050 g/mol. The summed E-state index contributed by atoms with van der Waals surface area (Å²) < 4.78 is 12.9. The molecule has 8 rings (SSSR count). The molecule has 0 spiro atoms. The third-order valence-corrected chi connectivity index (χ3v) is 13.5. The van der Waals surface area contributed by atoms with Crippen LogP contribution in [0.1, 0.15) is 89.2 Å². The van der Waals surface area contributed by atoms with Crippen molar-refractivity contribution >= 4 is 90.5 Å². The predicted octanol–water partition coefficient (Wildman–Crippen LogP) is 13.0. The highest BCUT2D eigenvalue weighted by Gasteiger charge is 2.26. The van der Waals surface area contributed by atoms with Gasteiger partial charge in [0.2, 0.25) is 0 Å². The lowest BCUT2D eigenvalue weighted by Gasteiger charge is -2.36. The van der Waals surface area contributed by atoms with E-state index >= 15 is 0 Å². The standard InChI is InChI=1S/C25H30IN3O2.C24H28IN3O2/c1-3-4-17(2)29-13-11-18(12-14-29)23-16-27-24-10-7-20(15-22(23)24)28-25(30)31-21-8-5-19(26)6-9-21;1-16(2)15-28-11-9-17(10-12-28)20-14-26-22-8-7-18(13-19(20)22)27-24(29)30-23-6-4-3-5-21(23)25/h5-10,15-18,27H,3-4,11-14H2,1-2H3,(H,28,30);3-8,13-14,16-17,26H,9-12,15H2,1-2H3,(H,27,29). The Balaban J connectivity index is 0.000000184. The van der Waals surface area contributed by atoms with E-state index in [0.717, 1.165) is 55.7 Å². The Labute approximate surface area is 387 Å². The van der Waals surface area contributed by atoms with E-state index in [2.05, 4.69) is 128 Å².